The number of rotatable bonds is 7. The molecule has 24 heavy (non-hydrogen) atoms. The third-order valence-corrected chi connectivity index (χ3v) is 4.77. The van der Waals surface area contributed by atoms with Gasteiger partial charge >= 0.3 is 0 Å². The molecule has 0 saturated carbocycles. The van der Waals surface area contributed by atoms with Crippen LogP contribution in [0.3, 0.4) is 0 Å². The Morgan fingerprint density at radius 1 is 1.33 bits per heavy atom. The number of halogens is 2. The SMILES string of the molecule is Cc1nc(CC(C)C)c(C(=O)NCCCN2CCNCC2)s1.Cl.Cl. The molecule has 1 aromatic rings. The summed E-state index contributed by atoms with van der Waals surface area (Å²) in [5, 5.41) is 7.38. The van der Waals surface area contributed by atoms with Crippen molar-refractivity contribution < 1.29 is 4.79 Å². The Kier molecular flexibility index (Phi) is 11.8. The maximum Gasteiger partial charge on any atom is 0.263 e. The molecular formula is C16H30Cl2N4OS. The lowest BCUT2D eigenvalue weighted by atomic mass is 10.1. The Hall–Kier alpha value is -0.400. The molecule has 140 valence electrons. The highest BCUT2D eigenvalue weighted by Gasteiger charge is 2.17. The monoisotopic (exact) mass is 396 g/mol. The highest BCUT2D eigenvalue weighted by atomic mass is 35.5. The number of nitrogens with one attached hydrogen (secondary N) is 2. The number of aryl methyl sites for hydroxylation is 1. The molecule has 0 aromatic carbocycles. The number of hydrogen-bond donors (Lipinski definition) is 2. The second-order valence-corrected chi connectivity index (χ2v) is 7.51. The van der Waals surface area contributed by atoms with Gasteiger partial charge < -0.3 is 15.5 Å². The first-order chi connectivity index (χ1) is 10.6. The highest BCUT2D eigenvalue weighted by molar-refractivity contribution is 7.13. The van der Waals surface area contributed by atoms with Crippen molar-refractivity contribution in [2.45, 2.75) is 33.6 Å². The molecule has 2 N–H and O–H groups in total. The van der Waals surface area contributed by atoms with Gasteiger partial charge in [-0.2, -0.15) is 0 Å². The van der Waals surface area contributed by atoms with E-state index in [1.54, 1.807) is 0 Å². The Morgan fingerprint density at radius 3 is 2.62 bits per heavy atom. The lowest BCUT2D eigenvalue weighted by molar-refractivity contribution is 0.0954. The average molecular weight is 397 g/mol. The normalized spacial score (nSPS) is 14.8. The van der Waals surface area contributed by atoms with E-state index in [-0.39, 0.29) is 30.7 Å². The molecule has 1 aliphatic rings. The van der Waals surface area contributed by atoms with Gasteiger partial charge in [-0.3, -0.25) is 4.79 Å². The zero-order valence-corrected chi connectivity index (χ0v) is 17.2. The van der Waals surface area contributed by atoms with Gasteiger partial charge in [0.1, 0.15) is 4.88 Å². The van der Waals surface area contributed by atoms with Crippen LogP contribution in [0.1, 0.15) is 40.6 Å². The number of aromatic nitrogens is 1. The van der Waals surface area contributed by atoms with Crippen LogP contribution in [-0.2, 0) is 6.42 Å². The lowest BCUT2D eigenvalue weighted by Gasteiger charge is -2.27. The molecule has 2 heterocycles. The molecule has 1 saturated heterocycles. The predicted octanol–water partition coefficient (Wildman–Crippen LogP) is 2.52. The summed E-state index contributed by atoms with van der Waals surface area (Å²) < 4.78 is 0. The quantitative estimate of drug-likeness (QED) is 0.695. The number of amides is 1. The zero-order valence-electron chi connectivity index (χ0n) is 14.8. The van der Waals surface area contributed by atoms with Crippen LogP contribution in [0.5, 0.6) is 0 Å². The largest absolute Gasteiger partial charge is 0.351 e. The van der Waals surface area contributed by atoms with Gasteiger partial charge in [-0.25, -0.2) is 4.98 Å². The first-order valence-electron chi connectivity index (χ1n) is 8.24. The van der Waals surface area contributed by atoms with Crippen molar-refractivity contribution in [3.05, 3.63) is 15.6 Å². The molecule has 2 rings (SSSR count). The van der Waals surface area contributed by atoms with E-state index in [4.69, 9.17) is 0 Å². The molecule has 0 unspecified atom stereocenters. The Balaban J connectivity index is 0.00000264. The summed E-state index contributed by atoms with van der Waals surface area (Å²) in [6.07, 6.45) is 1.87. The molecule has 0 radical (unpaired) electrons. The van der Waals surface area contributed by atoms with Crippen molar-refractivity contribution in [2.24, 2.45) is 5.92 Å². The van der Waals surface area contributed by atoms with Gasteiger partial charge in [0.05, 0.1) is 10.7 Å². The molecule has 0 bridgehead atoms. The van der Waals surface area contributed by atoms with Gasteiger partial charge in [-0.1, -0.05) is 13.8 Å². The van der Waals surface area contributed by atoms with Crippen molar-refractivity contribution in [2.75, 3.05) is 39.3 Å². The van der Waals surface area contributed by atoms with Gasteiger partial charge in [-0.05, 0) is 32.2 Å². The van der Waals surface area contributed by atoms with Crippen molar-refractivity contribution in [3.8, 4) is 0 Å². The lowest BCUT2D eigenvalue weighted by Crippen LogP contribution is -2.44. The molecule has 0 aliphatic carbocycles. The maximum atomic E-state index is 12.3. The van der Waals surface area contributed by atoms with Crippen LogP contribution >= 0.6 is 36.2 Å². The van der Waals surface area contributed by atoms with Crippen molar-refractivity contribution >= 4 is 42.1 Å². The summed E-state index contributed by atoms with van der Waals surface area (Å²) in [6.45, 7) is 12.4. The highest BCUT2D eigenvalue weighted by Crippen LogP contribution is 2.20. The number of carbonyl (C=O) groups is 1. The van der Waals surface area contributed by atoms with E-state index in [9.17, 15) is 4.79 Å². The molecule has 1 amide bonds. The fraction of sp³-hybridized carbons (Fsp3) is 0.750. The Bertz CT molecular complexity index is 490. The van der Waals surface area contributed by atoms with Crippen molar-refractivity contribution in [1.29, 1.82) is 0 Å². The van der Waals surface area contributed by atoms with Gasteiger partial charge in [0, 0.05) is 32.7 Å². The van der Waals surface area contributed by atoms with Crippen molar-refractivity contribution in [3.63, 3.8) is 0 Å². The first kappa shape index (κ1) is 23.6. The van der Waals surface area contributed by atoms with E-state index in [2.05, 4.69) is 34.4 Å². The second kappa shape index (κ2) is 12.0. The molecule has 8 heteroatoms. The number of hydrogen-bond acceptors (Lipinski definition) is 5. The average Bonchev–Trinajstić information content (AvgIpc) is 2.84. The van der Waals surface area contributed by atoms with Crippen LogP contribution < -0.4 is 10.6 Å². The van der Waals surface area contributed by atoms with E-state index in [0.29, 0.717) is 5.92 Å². The fourth-order valence-electron chi connectivity index (χ4n) is 2.69. The van der Waals surface area contributed by atoms with E-state index < -0.39 is 0 Å². The van der Waals surface area contributed by atoms with E-state index in [0.717, 1.165) is 67.7 Å². The van der Waals surface area contributed by atoms with Crippen LogP contribution in [0.2, 0.25) is 0 Å². The number of nitrogens with zero attached hydrogens (tertiary/aromatic N) is 2. The summed E-state index contributed by atoms with van der Waals surface area (Å²) in [6, 6.07) is 0. The molecule has 0 spiro atoms. The molecule has 1 aliphatic heterocycles. The maximum absolute atomic E-state index is 12.3. The fourth-order valence-corrected chi connectivity index (χ4v) is 3.56. The third kappa shape index (κ3) is 7.66. The molecule has 0 atom stereocenters. The van der Waals surface area contributed by atoms with E-state index in [1.807, 2.05) is 6.92 Å². The predicted molar refractivity (Wildman–Crippen MR) is 106 cm³/mol. The van der Waals surface area contributed by atoms with Crippen molar-refractivity contribution in [1.82, 2.24) is 20.5 Å². The van der Waals surface area contributed by atoms with Crippen LogP contribution in [0, 0.1) is 12.8 Å². The third-order valence-electron chi connectivity index (χ3n) is 3.76. The topological polar surface area (TPSA) is 57.3 Å². The van der Waals surface area contributed by atoms with Gasteiger partial charge in [0.15, 0.2) is 0 Å². The minimum absolute atomic E-state index is 0. The summed E-state index contributed by atoms with van der Waals surface area (Å²) in [5.41, 5.74) is 0.956. The Labute approximate surface area is 161 Å². The van der Waals surface area contributed by atoms with Crippen LogP contribution in [0.25, 0.3) is 0 Å². The smallest absolute Gasteiger partial charge is 0.263 e. The molecule has 5 nitrogen and oxygen atoms in total. The van der Waals surface area contributed by atoms with Crippen LogP contribution in [0.4, 0.5) is 0 Å². The number of carbonyl (C=O) groups excluding carboxylic acids is 1. The van der Waals surface area contributed by atoms with Gasteiger partial charge in [-0.15, -0.1) is 36.2 Å². The number of piperazine rings is 1. The summed E-state index contributed by atoms with van der Waals surface area (Å²) in [7, 11) is 0. The summed E-state index contributed by atoms with van der Waals surface area (Å²) >= 11 is 1.51. The number of thiazole rings is 1. The second-order valence-electron chi connectivity index (χ2n) is 6.31. The van der Waals surface area contributed by atoms with Crippen LogP contribution in [0.15, 0.2) is 0 Å². The Morgan fingerprint density at radius 2 is 2.00 bits per heavy atom. The first-order valence-corrected chi connectivity index (χ1v) is 9.05. The summed E-state index contributed by atoms with van der Waals surface area (Å²) in [5.74, 6) is 0.558. The minimum Gasteiger partial charge on any atom is -0.351 e. The van der Waals surface area contributed by atoms with E-state index in [1.165, 1.54) is 11.3 Å². The molecular weight excluding hydrogens is 367 g/mol. The molecule has 1 aromatic heterocycles. The van der Waals surface area contributed by atoms with Gasteiger partial charge in [0.2, 0.25) is 0 Å². The summed E-state index contributed by atoms with van der Waals surface area (Å²) in [4.78, 5) is 20.1. The van der Waals surface area contributed by atoms with E-state index >= 15 is 0 Å². The minimum atomic E-state index is 0. The zero-order chi connectivity index (χ0) is 15.9. The molecule has 1 fully saturated rings. The van der Waals surface area contributed by atoms with Gasteiger partial charge in [0.25, 0.3) is 5.91 Å². The van der Waals surface area contributed by atoms with Crippen LogP contribution in [-0.4, -0.2) is 55.1 Å². The standard InChI is InChI=1S/C16H28N4OS.2ClH/c1-12(2)11-14-15(22-13(3)19-14)16(21)18-5-4-8-20-9-6-17-7-10-20;;/h12,17H,4-11H2,1-3H3,(H,18,21);2*1H.